The van der Waals surface area contributed by atoms with Crippen molar-refractivity contribution in [3.05, 3.63) is 42.4 Å². The van der Waals surface area contributed by atoms with E-state index in [4.69, 9.17) is 0 Å². The van der Waals surface area contributed by atoms with E-state index in [2.05, 4.69) is 15.3 Å². The Kier molecular flexibility index (Phi) is 3.61. The van der Waals surface area contributed by atoms with Crippen LogP contribution in [0.2, 0.25) is 0 Å². The van der Waals surface area contributed by atoms with E-state index in [0.29, 0.717) is 5.82 Å². The molecule has 0 saturated heterocycles. The number of carbonyl (C=O) groups is 1. The van der Waals surface area contributed by atoms with Gasteiger partial charge in [-0.05, 0) is 12.1 Å². The minimum atomic E-state index is -0.369. The Morgan fingerprint density at radius 1 is 1.32 bits per heavy atom. The molecule has 0 unspecified atom stereocenters. The molecule has 2 aromatic rings. The Morgan fingerprint density at radius 3 is 2.79 bits per heavy atom. The van der Waals surface area contributed by atoms with Crippen molar-refractivity contribution in [2.24, 2.45) is 0 Å². The molecule has 19 heavy (non-hydrogen) atoms. The summed E-state index contributed by atoms with van der Waals surface area (Å²) in [6.07, 6.45) is 4.26. The van der Waals surface area contributed by atoms with Crippen LogP contribution in [0.25, 0.3) is 0 Å². The van der Waals surface area contributed by atoms with Gasteiger partial charge in [-0.15, -0.1) is 0 Å². The van der Waals surface area contributed by atoms with Gasteiger partial charge in [0, 0.05) is 38.2 Å². The third kappa shape index (κ3) is 3.19. The summed E-state index contributed by atoms with van der Waals surface area (Å²) in [7, 11) is 3.81. The van der Waals surface area contributed by atoms with Gasteiger partial charge in [0.15, 0.2) is 0 Å². The summed E-state index contributed by atoms with van der Waals surface area (Å²) in [6, 6.07) is 4.94. The summed E-state index contributed by atoms with van der Waals surface area (Å²) in [5.41, 5.74) is 1.20. The minimum absolute atomic E-state index is 0.0531. The Balaban J connectivity index is 2.17. The van der Waals surface area contributed by atoms with Gasteiger partial charge in [-0.1, -0.05) is 0 Å². The third-order valence-electron chi connectivity index (χ3n) is 2.49. The summed E-state index contributed by atoms with van der Waals surface area (Å²) >= 11 is 0. The lowest BCUT2D eigenvalue weighted by Crippen LogP contribution is -2.14. The van der Waals surface area contributed by atoms with Crippen LogP contribution in [-0.4, -0.2) is 35.1 Å². The minimum Gasteiger partial charge on any atom is -0.506 e. The first kappa shape index (κ1) is 12.8. The van der Waals surface area contributed by atoms with Gasteiger partial charge in [0.25, 0.3) is 5.91 Å². The molecule has 0 saturated carbocycles. The van der Waals surface area contributed by atoms with Gasteiger partial charge in [0.1, 0.15) is 11.6 Å². The highest BCUT2D eigenvalue weighted by Crippen LogP contribution is 2.16. The van der Waals surface area contributed by atoms with Crippen LogP contribution in [0, 0.1) is 0 Å². The number of pyridine rings is 2. The van der Waals surface area contributed by atoms with E-state index in [0.717, 1.165) is 5.69 Å². The molecule has 0 fully saturated rings. The van der Waals surface area contributed by atoms with Crippen molar-refractivity contribution in [2.45, 2.75) is 0 Å². The molecule has 0 radical (unpaired) electrons. The maximum atomic E-state index is 11.9. The molecular weight excluding hydrogens is 244 g/mol. The molecule has 6 heteroatoms. The Morgan fingerprint density at radius 2 is 2.11 bits per heavy atom. The van der Waals surface area contributed by atoms with Crippen LogP contribution >= 0.6 is 0 Å². The average molecular weight is 258 g/mol. The zero-order valence-electron chi connectivity index (χ0n) is 10.7. The predicted octanol–water partition coefficient (Wildman–Crippen LogP) is 1.50. The summed E-state index contributed by atoms with van der Waals surface area (Å²) in [5.74, 6) is 0.0222. The van der Waals surface area contributed by atoms with Crippen molar-refractivity contribution in [2.75, 3.05) is 24.3 Å². The van der Waals surface area contributed by atoms with Crippen LogP contribution in [0.15, 0.2) is 36.8 Å². The van der Waals surface area contributed by atoms with E-state index in [9.17, 15) is 9.90 Å². The fraction of sp³-hybridized carbons (Fsp3) is 0.154. The third-order valence-corrected chi connectivity index (χ3v) is 2.49. The molecule has 2 heterocycles. The molecule has 6 nitrogen and oxygen atoms in total. The first-order chi connectivity index (χ1) is 9.06. The molecular formula is C13H14N4O2. The van der Waals surface area contributed by atoms with Crippen molar-refractivity contribution >= 4 is 17.4 Å². The molecule has 2 aromatic heterocycles. The predicted molar refractivity (Wildman–Crippen MR) is 72.4 cm³/mol. The lowest BCUT2D eigenvalue weighted by Gasteiger charge is -2.13. The molecule has 0 aliphatic carbocycles. The highest BCUT2D eigenvalue weighted by Gasteiger charge is 2.08. The van der Waals surface area contributed by atoms with Gasteiger partial charge in [0.05, 0.1) is 11.8 Å². The largest absolute Gasteiger partial charge is 0.506 e. The molecule has 0 bridgehead atoms. The van der Waals surface area contributed by atoms with Crippen LogP contribution in [0.3, 0.4) is 0 Å². The average Bonchev–Trinajstić information content (AvgIpc) is 2.39. The number of amides is 1. The van der Waals surface area contributed by atoms with Crippen LogP contribution in [0.4, 0.5) is 11.5 Å². The van der Waals surface area contributed by atoms with Gasteiger partial charge in [-0.3, -0.25) is 9.78 Å². The quantitative estimate of drug-likeness (QED) is 0.872. The van der Waals surface area contributed by atoms with Crippen LogP contribution < -0.4 is 10.2 Å². The fourth-order valence-corrected chi connectivity index (χ4v) is 1.51. The van der Waals surface area contributed by atoms with E-state index in [1.165, 1.54) is 18.5 Å². The number of nitrogens with zero attached hydrogens (tertiary/aromatic N) is 3. The van der Waals surface area contributed by atoms with Crippen molar-refractivity contribution in [1.29, 1.82) is 0 Å². The number of rotatable bonds is 3. The molecule has 0 aliphatic heterocycles. The second kappa shape index (κ2) is 5.34. The molecule has 0 aliphatic rings. The number of carbonyl (C=O) groups excluding carboxylic acids is 1. The second-order valence-corrected chi connectivity index (χ2v) is 4.18. The van der Waals surface area contributed by atoms with E-state index < -0.39 is 0 Å². The number of anilines is 2. The number of hydrogen-bond donors (Lipinski definition) is 2. The SMILES string of the molecule is CN(C)c1ccnc(NC(=O)c2cncc(O)c2)c1. The van der Waals surface area contributed by atoms with Crippen molar-refractivity contribution in [3.8, 4) is 5.75 Å². The van der Waals surface area contributed by atoms with Gasteiger partial charge in [0.2, 0.25) is 0 Å². The molecule has 0 aromatic carbocycles. The summed E-state index contributed by atoms with van der Waals surface area (Å²) in [6.45, 7) is 0. The molecule has 0 atom stereocenters. The Bertz CT molecular complexity index is 599. The van der Waals surface area contributed by atoms with Crippen LogP contribution in [-0.2, 0) is 0 Å². The smallest absolute Gasteiger partial charge is 0.258 e. The summed E-state index contributed by atoms with van der Waals surface area (Å²) in [5, 5.41) is 11.9. The van der Waals surface area contributed by atoms with Crippen molar-refractivity contribution in [1.82, 2.24) is 9.97 Å². The normalized spacial score (nSPS) is 10.0. The number of aromatic hydroxyl groups is 1. The standard InChI is InChI=1S/C13H14N4O2/c1-17(2)10-3-4-15-12(6-10)16-13(19)9-5-11(18)8-14-7-9/h3-8,18H,1-2H3,(H,15,16,19). The maximum Gasteiger partial charge on any atom is 0.258 e. The van der Waals surface area contributed by atoms with E-state index in [-0.39, 0.29) is 17.2 Å². The monoisotopic (exact) mass is 258 g/mol. The molecule has 98 valence electrons. The van der Waals surface area contributed by atoms with Gasteiger partial charge in [-0.25, -0.2) is 4.98 Å². The Labute approximate surface area is 110 Å². The van der Waals surface area contributed by atoms with Crippen molar-refractivity contribution < 1.29 is 9.90 Å². The topological polar surface area (TPSA) is 78.4 Å². The van der Waals surface area contributed by atoms with E-state index >= 15 is 0 Å². The molecule has 2 rings (SSSR count). The van der Waals surface area contributed by atoms with E-state index in [1.807, 2.05) is 25.1 Å². The lowest BCUT2D eigenvalue weighted by atomic mass is 10.2. The zero-order valence-corrected chi connectivity index (χ0v) is 10.7. The Hall–Kier alpha value is -2.63. The zero-order chi connectivity index (χ0) is 13.8. The number of nitrogens with one attached hydrogen (secondary N) is 1. The van der Waals surface area contributed by atoms with Gasteiger partial charge >= 0.3 is 0 Å². The lowest BCUT2D eigenvalue weighted by molar-refractivity contribution is 0.102. The fourth-order valence-electron chi connectivity index (χ4n) is 1.51. The summed E-state index contributed by atoms with van der Waals surface area (Å²) < 4.78 is 0. The first-order valence-electron chi connectivity index (χ1n) is 5.65. The second-order valence-electron chi connectivity index (χ2n) is 4.18. The molecule has 0 spiro atoms. The summed E-state index contributed by atoms with van der Waals surface area (Å²) in [4.78, 5) is 21.7. The van der Waals surface area contributed by atoms with Gasteiger partial charge < -0.3 is 15.3 Å². The van der Waals surface area contributed by atoms with Crippen LogP contribution in [0.5, 0.6) is 5.75 Å². The highest BCUT2D eigenvalue weighted by molar-refractivity contribution is 6.03. The molecule has 2 N–H and O–H groups in total. The van der Waals surface area contributed by atoms with Crippen molar-refractivity contribution in [3.63, 3.8) is 0 Å². The first-order valence-corrected chi connectivity index (χ1v) is 5.65. The van der Waals surface area contributed by atoms with E-state index in [1.54, 1.807) is 12.3 Å². The van der Waals surface area contributed by atoms with Crippen LogP contribution in [0.1, 0.15) is 10.4 Å². The number of hydrogen-bond acceptors (Lipinski definition) is 5. The maximum absolute atomic E-state index is 11.9. The molecule has 1 amide bonds. The van der Waals surface area contributed by atoms with Gasteiger partial charge in [-0.2, -0.15) is 0 Å². The number of aromatic nitrogens is 2. The highest BCUT2D eigenvalue weighted by atomic mass is 16.3.